The molecule has 0 aromatic heterocycles. The van der Waals surface area contributed by atoms with Crippen LogP contribution in [0.3, 0.4) is 0 Å². The Morgan fingerprint density at radius 2 is 1.91 bits per heavy atom. The number of ether oxygens (including phenoxy) is 1. The number of amidine groups is 1. The quantitative estimate of drug-likeness (QED) is 0.467. The average molecular weight is 156 g/mol. The monoisotopic (exact) mass is 156 g/mol. The van der Waals surface area contributed by atoms with Gasteiger partial charge in [0, 0.05) is 7.11 Å². The molecule has 1 aliphatic carbocycles. The SMILES string of the molecule is COC1(C(=N)N)CCCCC1. The molecular formula is C8H16N2O. The van der Waals surface area contributed by atoms with Crippen molar-refractivity contribution in [3.8, 4) is 0 Å². The molecule has 64 valence electrons. The molecule has 1 aliphatic rings. The van der Waals surface area contributed by atoms with Crippen molar-refractivity contribution in [1.29, 1.82) is 5.41 Å². The van der Waals surface area contributed by atoms with Crippen molar-refractivity contribution in [1.82, 2.24) is 0 Å². The molecule has 3 heteroatoms. The number of hydrogen-bond donors (Lipinski definition) is 2. The lowest BCUT2D eigenvalue weighted by molar-refractivity contribution is 0.0176. The second-order valence-electron chi connectivity index (χ2n) is 3.17. The number of nitrogens with two attached hydrogens (primary N) is 1. The summed E-state index contributed by atoms with van der Waals surface area (Å²) in [6.07, 6.45) is 5.34. The van der Waals surface area contributed by atoms with Gasteiger partial charge in [0.25, 0.3) is 0 Å². The van der Waals surface area contributed by atoms with Gasteiger partial charge in [-0.15, -0.1) is 0 Å². The zero-order chi connectivity index (χ0) is 8.32. The maximum Gasteiger partial charge on any atom is 0.124 e. The van der Waals surface area contributed by atoms with E-state index in [4.69, 9.17) is 15.9 Å². The third-order valence-corrected chi connectivity index (χ3v) is 2.54. The molecule has 0 amide bonds. The van der Waals surface area contributed by atoms with Crippen molar-refractivity contribution in [2.45, 2.75) is 37.7 Å². The van der Waals surface area contributed by atoms with Gasteiger partial charge in [-0.2, -0.15) is 0 Å². The molecule has 1 saturated carbocycles. The summed E-state index contributed by atoms with van der Waals surface area (Å²) >= 11 is 0. The third-order valence-electron chi connectivity index (χ3n) is 2.54. The number of rotatable bonds is 2. The summed E-state index contributed by atoms with van der Waals surface area (Å²) in [5.41, 5.74) is 5.05. The Bertz CT molecular complexity index is 150. The lowest BCUT2D eigenvalue weighted by atomic mass is 9.84. The fraction of sp³-hybridized carbons (Fsp3) is 0.875. The number of methoxy groups -OCH3 is 1. The van der Waals surface area contributed by atoms with Gasteiger partial charge in [0.15, 0.2) is 0 Å². The maximum absolute atomic E-state index is 7.39. The zero-order valence-electron chi connectivity index (χ0n) is 7.02. The van der Waals surface area contributed by atoms with E-state index in [1.54, 1.807) is 7.11 Å². The van der Waals surface area contributed by atoms with E-state index in [1.165, 1.54) is 6.42 Å². The summed E-state index contributed by atoms with van der Waals surface area (Å²) in [5.74, 6) is 0.194. The molecule has 0 atom stereocenters. The highest BCUT2D eigenvalue weighted by Gasteiger charge is 2.34. The first kappa shape index (κ1) is 8.53. The molecule has 0 bridgehead atoms. The van der Waals surface area contributed by atoms with Crippen molar-refractivity contribution in [2.75, 3.05) is 7.11 Å². The molecule has 3 N–H and O–H groups in total. The van der Waals surface area contributed by atoms with E-state index in [0.717, 1.165) is 25.7 Å². The van der Waals surface area contributed by atoms with Gasteiger partial charge in [-0.05, 0) is 12.8 Å². The van der Waals surface area contributed by atoms with Crippen LogP contribution >= 0.6 is 0 Å². The van der Waals surface area contributed by atoms with Crippen LogP contribution in [0.1, 0.15) is 32.1 Å². The van der Waals surface area contributed by atoms with E-state index < -0.39 is 5.60 Å². The smallest absolute Gasteiger partial charge is 0.124 e. The Balaban J connectivity index is 2.64. The standard InChI is InChI=1S/C8H16N2O/c1-11-8(7(9)10)5-3-2-4-6-8/h2-6H2,1H3,(H3,9,10). The minimum Gasteiger partial charge on any atom is -0.385 e. The Labute approximate surface area is 67.4 Å². The van der Waals surface area contributed by atoms with Crippen LogP contribution in [0.2, 0.25) is 0 Å². The van der Waals surface area contributed by atoms with Crippen LogP contribution in [-0.4, -0.2) is 18.5 Å². The molecule has 0 aliphatic heterocycles. The van der Waals surface area contributed by atoms with Gasteiger partial charge in [0.2, 0.25) is 0 Å². The third kappa shape index (κ3) is 1.53. The second-order valence-corrected chi connectivity index (χ2v) is 3.17. The summed E-state index contributed by atoms with van der Waals surface area (Å²) in [6.45, 7) is 0. The van der Waals surface area contributed by atoms with E-state index in [0.29, 0.717) is 0 Å². The van der Waals surface area contributed by atoms with Gasteiger partial charge in [0.05, 0.1) is 0 Å². The van der Waals surface area contributed by atoms with Crippen molar-refractivity contribution >= 4 is 5.84 Å². The first-order valence-electron chi connectivity index (χ1n) is 4.11. The van der Waals surface area contributed by atoms with E-state index in [2.05, 4.69) is 0 Å². The van der Waals surface area contributed by atoms with Crippen LogP contribution in [0.5, 0.6) is 0 Å². The van der Waals surface area contributed by atoms with E-state index in [9.17, 15) is 0 Å². The van der Waals surface area contributed by atoms with Gasteiger partial charge in [0.1, 0.15) is 11.4 Å². The van der Waals surface area contributed by atoms with E-state index in [1.807, 2.05) is 0 Å². The molecular weight excluding hydrogens is 140 g/mol. The highest BCUT2D eigenvalue weighted by molar-refractivity contribution is 5.86. The molecule has 0 heterocycles. The average Bonchev–Trinajstić information content (AvgIpc) is 2.05. The minimum atomic E-state index is -0.418. The topological polar surface area (TPSA) is 59.1 Å². The Hall–Kier alpha value is -0.570. The zero-order valence-corrected chi connectivity index (χ0v) is 7.02. The maximum atomic E-state index is 7.39. The number of hydrogen-bond acceptors (Lipinski definition) is 2. The van der Waals surface area contributed by atoms with Crippen LogP contribution < -0.4 is 5.73 Å². The van der Waals surface area contributed by atoms with Crippen molar-refractivity contribution < 1.29 is 4.74 Å². The molecule has 0 aromatic rings. The van der Waals surface area contributed by atoms with Gasteiger partial charge < -0.3 is 10.5 Å². The first-order valence-corrected chi connectivity index (χ1v) is 4.11. The summed E-state index contributed by atoms with van der Waals surface area (Å²) in [7, 11) is 1.65. The highest BCUT2D eigenvalue weighted by atomic mass is 16.5. The second kappa shape index (κ2) is 3.22. The van der Waals surface area contributed by atoms with Crippen LogP contribution in [0, 0.1) is 5.41 Å². The molecule has 3 nitrogen and oxygen atoms in total. The molecule has 0 unspecified atom stereocenters. The minimum absolute atomic E-state index is 0.194. The molecule has 0 saturated heterocycles. The summed E-state index contributed by atoms with van der Waals surface area (Å²) < 4.78 is 5.29. The fourth-order valence-electron chi connectivity index (χ4n) is 1.71. The van der Waals surface area contributed by atoms with Crippen molar-refractivity contribution in [2.24, 2.45) is 5.73 Å². The van der Waals surface area contributed by atoms with Gasteiger partial charge in [-0.25, -0.2) is 0 Å². The molecule has 1 rings (SSSR count). The summed E-state index contributed by atoms with van der Waals surface area (Å²) in [4.78, 5) is 0. The van der Waals surface area contributed by atoms with Crippen LogP contribution in [0.4, 0.5) is 0 Å². The lowest BCUT2D eigenvalue weighted by Crippen LogP contribution is -2.46. The summed E-state index contributed by atoms with van der Waals surface area (Å²) in [5, 5.41) is 7.39. The predicted octanol–water partition coefficient (Wildman–Crippen LogP) is 1.27. The molecule has 0 spiro atoms. The molecule has 11 heavy (non-hydrogen) atoms. The van der Waals surface area contributed by atoms with E-state index >= 15 is 0 Å². The molecule has 1 fully saturated rings. The highest BCUT2D eigenvalue weighted by Crippen LogP contribution is 2.30. The Morgan fingerprint density at radius 3 is 2.18 bits per heavy atom. The Kier molecular flexibility index (Phi) is 2.49. The first-order chi connectivity index (χ1) is 5.21. The van der Waals surface area contributed by atoms with E-state index in [-0.39, 0.29) is 5.84 Å². The van der Waals surface area contributed by atoms with Crippen molar-refractivity contribution in [3.63, 3.8) is 0 Å². The Morgan fingerprint density at radius 1 is 1.36 bits per heavy atom. The number of nitrogens with one attached hydrogen (secondary N) is 1. The normalized spacial score (nSPS) is 23.0. The predicted molar refractivity (Wildman–Crippen MR) is 44.7 cm³/mol. The van der Waals surface area contributed by atoms with Gasteiger partial charge in [-0.1, -0.05) is 19.3 Å². The van der Waals surface area contributed by atoms with Gasteiger partial charge in [-0.3, -0.25) is 5.41 Å². The van der Waals surface area contributed by atoms with Gasteiger partial charge >= 0.3 is 0 Å². The molecule has 0 aromatic carbocycles. The molecule has 0 radical (unpaired) electrons. The van der Waals surface area contributed by atoms with Crippen LogP contribution in [0.15, 0.2) is 0 Å². The largest absolute Gasteiger partial charge is 0.385 e. The van der Waals surface area contributed by atoms with Crippen LogP contribution in [-0.2, 0) is 4.74 Å². The fourth-order valence-corrected chi connectivity index (χ4v) is 1.71. The van der Waals surface area contributed by atoms with Crippen LogP contribution in [0.25, 0.3) is 0 Å². The lowest BCUT2D eigenvalue weighted by Gasteiger charge is -2.34. The summed E-state index contributed by atoms with van der Waals surface area (Å²) in [6, 6.07) is 0. The van der Waals surface area contributed by atoms with Crippen molar-refractivity contribution in [3.05, 3.63) is 0 Å².